The zero-order chi connectivity index (χ0) is 13.8. The van der Waals surface area contributed by atoms with Gasteiger partial charge in [-0.2, -0.15) is 0 Å². The average Bonchev–Trinajstić information content (AvgIpc) is 2.82. The van der Waals surface area contributed by atoms with Crippen LogP contribution in [0.15, 0.2) is 28.9 Å². The monoisotopic (exact) mass is 261 g/mol. The summed E-state index contributed by atoms with van der Waals surface area (Å²) < 4.78 is 0. The summed E-state index contributed by atoms with van der Waals surface area (Å²) in [4.78, 5) is 0. The predicted molar refractivity (Wildman–Crippen MR) is 74.7 cm³/mol. The molecule has 0 amide bonds. The van der Waals surface area contributed by atoms with E-state index in [1.54, 1.807) is 6.07 Å². The molecule has 0 heterocycles. The molecule has 0 aliphatic heterocycles. The molecule has 102 valence electrons. The van der Waals surface area contributed by atoms with E-state index in [1.165, 1.54) is 17.7 Å². The number of oxime groups is 1. The minimum atomic E-state index is -0.149. The number of benzene rings is 1. The van der Waals surface area contributed by atoms with Gasteiger partial charge in [0, 0.05) is 5.57 Å². The number of rotatable bonds is 4. The van der Waals surface area contributed by atoms with Crippen LogP contribution in [-0.2, 0) is 0 Å². The molecule has 1 aliphatic rings. The topological polar surface area (TPSA) is 73.0 Å². The van der Waals surface area contributed by atoms with Gasteiger partial charge >= 0.3 is 0 Å². The number of nitrogens with zero attached hydrogens (tertiary/aromatic N) is 1. The molecule has 0 radical (unpaired) electrons. The van der Waals surface area contributed by atoms with Crippen LogP contribution in [0, 0.1) is 0 Å². The first kappa shape index (κ1) is 13.5. The van der Waals surface area contributed by atoms with Crippen LogP contribution in [0.25, 0.3) is 5.57 Å². The lowest BCUT2D eigenvalue weighted by Crippen LogP contribution is -1.97. The van der Waals surface area contributed by atoms with Crippen LogP contribution >= 0.6 is 0 Å². The Morgan fingerprint density at radius 2 is 1.95 bits per heavy atom. The highest BCUT2D eigenvalue weighted by molar-refractivity contribution is 6.26. The Morgan fingerprint density at radius 3 is 2.58 bits per heavy atom. The van der Waals surface area contributed by atoms with Crippen molar-refractivity contribution in [3.8, 4) is 11.5 Å². The fourth-order valence-electron chi connectivity index (χ4n) is 2.51. The van der Waals surface area contributed by atoms with Crippen molar-refractivity contribution >= 4 is 11.3 Å². The summed E-state index contributed by atoms with van der Waals surface area (Å²) in [6.45, 7) is 2.14. The third kappa shape index (κ3) is 2.72. The van der Waals surface area contributed by atoms with Crippen molar-refractivity contribution in [1.82, 2.24) is 0 Å². The number of phenols is 2. The van der Waals surface area contributed by atoms with Crippen molar-refractivity contribution in [3.63, 3.8) is 0 Å². The van der Waals surface area contributed by atoms with Gasteiger partial charge in [-0.05, 0) is 43.4 Å². The Bertz CT molecular complexity index is 532. The molecule has 2 rings (SSSR count). The Labute approximate surface area is 112 Å². The van der Waals surface area contributed by atoms with Crippen molar-refractivity contribution in [3.05, 3.63) is 29.3 Å². The molecule has 1 aliphatic carbocycles. The molecule has 0 fully saturated rings. The fourth-order valence-corrected chi connectivity index (χ4v) is 2.51. The van der Waals surface area contributed by atoms with Gasteiger partial charge in [-0.3, -0.25) is 0 Å². The van der Waals surface area contributed by atoms with Crippen LogP contribution in [0.1, 0.15) is 44.6 Å². The Balaban J connectivity index is 2.43. The Morgan fingerprint density at radius 1 is 1.16 bits per heavy atom. The normalized spacial score (nSPS) is 17.4. The van der Waals surface area contributed by atoms with Gasteiger partial charge in [0.05, 0.1) is 5.71 Å². The van der Waals surface area contributed by atoms with Gasteiger partial charge in [0.15, 0.2) is 11.5 Å². The molecule has 0 spiro atoms. The van der Waals surface area contributed by atoms with Gasteiger partial charge in [0.2, 0.25) is 0 Å². The van der Waals surface area contributed by atoms with Crippen LogP contribution < -0.4 is 0 Å². The highest BCUT2D eigenvalue weighted by Gasteiger charge is 2.23. The predicted octanol–water partition coefficient (Wildman–Crippen LogP) is 3.67. The first-order valence-electron chi connectivity index (χ1n) is 6.63. The highest BCUT2D eigenvalue weighted by Crippen LogP contribution is 2.37. The zero-order valence-corrected chi connectivity index (χ0v) is 11.1. The fraction of sp³-hybridized carbons (Fsp3) is 0.400. The van der Waals surface area contributed by atoms with Crippen molar-refractivity contribution < 1.29 is 15.4 Å². The number of hydrogen-bond donors (Lipinski definition) is 3. The van der Waals surface area contributed by atoms with Crippen LogP contribution in [-0.4, -0.2) is 21.1 Å². The largest absolute Gasteiger partial charge is 0.504 e. The maximum Gasteiger partial charge on any atom is 0.158 e. The molecule has 0 aromatic heterocycles. The number of phenolic OH excluding ortho intramolecular Hbond substituents is 2. The van der Waals surface area contributed by atoms with Gasteiger partial charge in [0.25, 0.3) is 0 Å². The van der Waals surface area contributed by atoms with Crippen molar-refractivity contribution in [2.75, 3.05) is 0 Å². The van der Waals surface area contributed by atoms with Gasteiger partial charge in [-0.15, -0.1) is 0 Å². The van der Waals surface area contributed by atoms with Gasteiger partial charge in [-0.25, -0.2) is 0 Å². The summed E-state index contributed by atoms with van der Waals surface area (Å²) in [5, 5.41) is 31.5. The molecule has 1 aromatic carbocycles. The van der Waals surface area contributed by atoms with E-state index in [0.29, 0.717) is 5.71 Å². The summed E-state index contributed by atoms with van der Waals surface area (Å²) in [7, 11) is 0. The number of aromatic hydroxyl groups is 2. The molecule has 1 aromatic rings. The maximum atomic E-state index is 9.61. The lowest BCUT2D eigenvalue weighted by Gasteiger charge is -2.09. The Kier molecular flexibility index (Phi) is 4.10. The molecule has 0 unspecified atom stereocenters. The third-order valence-corrected chi connectivity index (χ3v) is 3.52. The summed E-state index contributed by atoms with van der Waals surface area (Å²) >= 11 is 0. The first-order valence-corrected chi connectivity index (χ1v) is 6.63. The molecule has 3 N–H and O–H groups in total. The van der Waals surface area contributed by atoms with E-state index < -0.39 is 0 Å². The van der Waals surface area contributed by atoms with E-state index >= 15 is 0 Å². The number of allylic oxidation sites excluding steroid dienone is 2. The molecule has 0 saturated heterocycles. The molecule has 4 nitrogen and oxygen atoms in total. The summed E-state index contributed by atoms with van der Waals surface area (Å²) in [6, 6.07) is 4.72. The quantitative estimate of drug-likeness (QED) is 0.440. The molecule has 0 bridgehead atoms. The second-order valence-electron chi connectivity index (χ2n) is 4.83. The van der Waals surface area contributed by atoms with Crippen molar-refractivity contribution in [2.45, 2.75) is 39.0 Å². The number of unbranched alkanes of at least 4 members (excludes halogenated alkanes) is 1. The second kappa shape index (κ2) is 5.78. The molecule has 0 saturated carbocycles. The minimum absolute atomic E-state index is 0.139. The summed E-state index contributed by atoms with van der Waals surface area (Å²) in [5.41, 5.74) is 3.65. The molecule has 19 heavy (non-hydrogen) atoms. The number of hydrogen-bond acceptors (Lipinski definition) is 4. The zero-order valence-electron chi connectivity index (χ0n) is 11.1. The van der Waals surface area contributed by atoms with Crippen LogP contribution in [0.3, 0.4) is 0 Å². The SMILES string of the molecule is CCCCC1=C(c2ccc(O)c(O)c2)/C(=N/O)CC1. The maximum absolute atomic E-state index is 9.61. The van der Waals surface area contributed by atoms with Crippen LogP contribution in [0.2, 0.25) is 0 Å². The highest BCUT2D eigenvalue weighted by atomic mass is 16.4. The van der Waals surface area contributed by atoms with Gasteiger partial charge in [-0.1, -0.05) is 30.1 Å². The standard InChI is InChI=1S/C15H19NO3/c1-2-3-4-10-5-7-12(16-19)15(10)11-6-8-13(17)14(18)9-11/h6,8-9,17-19H,2-5,7H2,1H3/b16-12+. The van der Waals surface area contributed by atoms with E-state index in [4.69, 9.17) is 5.21 Å². The lowest BCUT2D eigenvalue weighted by atomic mass is 9.97. The van der Waals surface area contributed by atoms with Crippen molar-refractivity contribution in [2.24, 2.45) is 5.16 Å². The smallest absolute Gasteiger partial charge is 0.158 e. The first-order chi connectivity index (χ1) is 9.17. The third-order valence-electron chi connectivity index (χ3n) is 3.52. The van der Waals surface area contributed by atoms with Crippen molar-refractivity contribution in [1.29, 1.82) is 0 Å². The lowest BCUT2D eigenvalue weighted by molar-refractivity contribution is 0.319. The van der Waals surface area contributed by atoms with E-state index in [9.17, 15) is 10.2 Å². The molecular formula is C15H19NO3. The second-order valence-corrected chi connectivity index (χ2v) is 4.83. The summed E-state index contributed by atoms with van der Waals surface area (Å²) in [5.74, 6) is -0.288. The molecule has 4 heteroatoms. The molecular weight excluding hydrogens is 242 g/mol. The minimum Gasteiger partial charge on any atom is -0.504 e. The van der Waals surface area contributed by atoms with E-state index in [1.807, 2.05) is 0 Å². The van der Waals surface area contributed by atoms with Crippen LogP contribution in [0.5, 0.6) is 11.5 Å². The molecule has 0 atom stereocenters. The summed E-state index contributed by atoms with van der Waals surface area (Å²) in [6.07, 6.45) is 4.82. The van der Waals surface area contributed by atoms with E-state index in [2.05, 4.69) is 12.1 Å². The van der Waals surface area contributed by atoms with E-state index in [0.717, 1.165) is 43.2 Å². The van der Waals surface area contributed by atoms with Gasteiger partial charge < -0.3 is 15.4 Å². The average molecular weight is 261 g/mol. The van der Waals surface area contributed by atoms with Crippen LogP contribution in [0.4, 0.5) is 0 Å². The van der Waals surface area contributed by atoms with E-state index in [-0.39, 0.29) is 11.5 Å². The van der Waals surface area contributed by atoms with Gasteiger partial charge in [0.1, 0.15) is 0 Å². The Hall–Kier alpha value is -1.97.